The minimum absolute atomic E-state index is 0.120. The Kier molecular flexibility index (Phi) is 7.45. The van der Waals surface area contributed by atoms with Crippen LogP contribution in [0.4, 0.5) is 4.79 Å². The average Bonchev–Trinajstić information content (AvgIpc) is 2.44. The number of carboxylic acids is 1. The molecule has 0 aromatic heterocycles. The molecule has 0 aromatic rings. The SMILES string of the molecule is COCC(O)CN(C)C(=O)N1CCCC(CCC(=O)O)C1. The van der Waals surface area contributed by atoms with Crippen LogP contribution in [0.2, 0.25) is 0 Å². The maximum Gasteiger partial charge on any atom is 0.319 e. The Morgan fingerprint density at radius 3 is 2.81 bits per heavy atom. The Morgan fingerprint density at radius 2 is 2.19 bits per heavy atom. The summed E-state index contributed by atoms with van der Waals surface area (Å²) in [4.78, 5) is 26.2. The van der Waals surface area contributed by atoms with Crippen molar-refractivity contribution in [1.29, 1.82) is 0 Å². The molecule has 2 N–H and O–H groups in total. The first-order chi connectivity index (χ1) is 9.93. The summed E-state index contributed by atoms with van der Waals surface area (Å²) < 4.78 is 4.84. The van der Waals surface area contributed by atoms with Gasteiger partial charge >= 0.3 is 12.0 Å². The number of likely N-dealkylation sites (tertiary alicyclic amines) is 1. The van der Waals surface area contributed by atoms with Crippen LogP contribution in [0.3, 0.4) is 0 Å². The van der Waals surface area contributed by atoms with E-state index in [1.54, 1.807) is 11.9 Å². The maximum atomic E-state index is 12.3. The molecular formula is C14H26N2O5. The number of rotatable bonds is 7. The highest BCUT2D eigenvalue weighted by Crippen LogP contribution is 2.21. The third-order valence-electron chi connectivity index (χ3n) is 3.73. The molecule has 1 heterocycles. The van der Waals surface area contributed by atoms with Crippen LogP contribution in [-0.4, -0.2) is 78.5 Å². The number of urea groups is 1. The summed E-state index contributed by atoms with van der Waals surface area (Å²) in [5, 5.41) is 18.4. The third-order valence-corrected chi connectivity index (χ3v) is 3.73. The quantitative estimate of drug-likeness (QED) is 0.719. The van der Waals surface area contributed by atoms with Gasteiger partial charge in [-0.25, -0.2) is 4.79 Å². The predicted molar refractivity (Wildman–Crippen MR) is 77.1 cm³/mol. The number of aliphatic carboxylic acids is 1. The van der Waals surface area contributed by atoms with E-state index >= 15 is 0 Å². The molecule has 0 spiro atoms. The van der Waals surface area contributed by atoms with Crippen molar-refractivity contribution in [3.05, 3.63) is 0 Å². The molecule has 7 nitrogen and oxygen atoms in total. The van der Waals surface area contributed by atoms with Crippen LogP contribution in [0, 0.1) is 5.92 Å². The number of piperidine rings is 1. The molecule has 1 saturated heterocycles. The number of carbonyl (C=O) groups is 2. The van der Waals surface area contributed by atoms with Gasteiger partial charge in [-0.15, -0.1) is 0 Å². The fraction of sp³-hybridized carbons (Fsp3) is 0.857. The fourth-order valence-electron chi connectivity index (χ4n) is 2.68. The Labute approximate surface area is 125 Å². The number of carbonyl (C=O) groups excluding carboxylic acids is 1. The highest BCUT2D eigenvalue weighted by atomic mass is 16.5. The summed E-state index contributed by atoms with van der Waals surface area (Å²) in [6.45, 7) is 1.70. The van der Waals surface area contributed by atoms with Gasteiger partial charge in [0.25, 0.3) is 0 Å². The summed E-state index contributed by atoms with van der Waals surface area (Å²) in [6.07, 6.45) is 1.92. The first kappa shape index (κ1) is 17.7. The van der Waals surface area contributed by atoms with Gasteiger partial charge in [0.15, 0.2) is 0 Å². The minimum Gasteiger partial charge on any atom is -0.481 e. The van der Waals surface area contributed by atoms with E-state index in [0.717, 1.165) is 12.8 Å². The lowest BCUT2D eigenvalue weighted by Gasteiger charge is -2.35. The lowest BCUT2D eigenvalue weighted by molar-refractivity contribution is -0.137. The number of aliphatic hydroxyl groups is 1. The second-order valence-corrected chi connectivity index (χ2v) is 5.66. The van der Waals surface area contributed by atoms with Crippen LogP contribution in [0.1, 0.15) is 25.7 Å². The van der Waals surface area contributed by atoms with Gasteiger partial charge in [0, 0.05) is 33.7 Å². The molecule has 0 saturated carbocycles. The largest absolute Gasteiger partial charge is 0.481 e. The summed E-state index contributed by atoms with van der Waals surface area (Å²) in [6, 6.07) is -0.120. The van der Waals surface area contributed by atoms with Crippen LogP contribution in [0.25, 0.3) is 0 Å². The van der Waals surface area contributed by atoms with E-state index in [0.29, 0.717) is 19.5 Å². The molecule has 2 atom stereocenters. The molecule has 1 rings (SSSR count). The average molecular weight is 302 g/mol. The number of hydrogen-bond donors (Lipinski definition) is 2. The zero-order valence-corrected chi connectivity index (χ0v) is 12.8. The van der Waals surface area contributed by atoms with Gasteiger partial charge in [-0.1, -0.05) is 0 Å². The molecule has 0 aromatic carbocycles. The van der Waals surface area contributed by atoms with Crippen molar-refractivity contribution in [1.82, 2.24) is 9.80 Å². The number of hydrogen-bond acceptors (Lipinski definition) is 4. The molecule has 1 aliphatic rings. The lowest BCUT2D eigenvalue weighted by atomic mass is 9.93. The van der Waals surface area contributed by atoms with E-state index in [2.05, 4.69) is 0 Å². The molecule has 7 heteroatoms. The maximum absolute atomic E-state index is 12.3. The Hall–Kier alpha value is -1.34. The van der Waals surface area contributed by atoms with Crippen molar-refractivity contribution in [2.75, 3.05) is 40.4 Å². The number of methoxy groups -OCH3 is 1. The molecule has 21 heavy (non-hydrogen) atoms. The summed E-state index contributed by atoms with van der Waals surface area (Å²) in [5.74, 6) is -0.547. The Morgan fingerprint density at radius 1 is 1.48 bits per heavy atom. The fourth-order valence-corrected chi connectivity index (χ4v) is 2.68. The van der Waals surface area contributed by atoms with Crippen LogP contribution in [0.15, 0.2) is 0 Å². The number of aliphatic hydroxyl groups excluding tert-OH is 1. The van der Waals surface area contributed by atoms with Crippen molar-refractivity contribution in [2.24, 2.45) is 5.92 Å². The van der Waals surface area contributed by atoms with Gasteiger partial charge in [-0.3, -0.25) is 4.79 Å². The van der Waals surface area contributed by atoms with Crippen molar-refractivity contribution in [2.45, 2.75) is 31.8 Å². The molecule has 2 unspecified atom stereocenters. The number of likely N-dealkylation sites (N-methyl/N-ethyl adjacent to an activating group) is 1. The standard InChI is InChI=1S/C14H26N2O5/c1-15(9-12(17)10-21-2)14(20)16-7-3-4-11(8-16)5-6-13(18)19/h11-12,17H,3-10H2,1-2H3,(H,18,19). The lowest BCUT2D eigenvalue weighted by Crippen LogP contribution is -2.48. The molecule has 0 aliphatic carbocycles. The van der Waals surface area contributed by atoms with E-state index < -0.39 is 12.1 Å². The van der Waals surface area contributed by atoms with E-state index in [1.165, 1.54) is 12.0 Å². The smallest absolute Gasteiger partial charge is 0.319 e. The second-order valence-electron chi connectivity index (χ2n) is 5.66. The normalized spacial score (nSPS) is 20.1. The van der Waals surface area contributed by atoms with Crippen molar-refractivity contribution < 1.29 is 24.5 Å². The van der Waals surface area contributed by atoms with Crippen LogP contribution >= 0.6 is 0 Å². The molecule has 1 aliphatic heterocycles. The zero-order chi connectivity index (χ0) is 15.8. The molecule has 0 radical (unpaired) electrons. The number of nitrogens with zero attached hydrogens (tertiary/aromatic N) is 2. The topological polar surface area (TPSA) is 90.3 Å². The van der Waals surface area contributed by atoms with Gasteiger partial charge in [0.2, 0.25) is 0 Å². The van der Waals surface area contributed by atoms with Crippen LogP contribution in [-0.2, 0) is 9.53 Å². The van der Waals surface area contributed by atoms with Crippen molar-refractivity contribution in [3.8, 4) is 0 Å². The van der Waals surface area contributed by atoms with E-state index in [-0.39, 0.29) is 31.5 Å². The molecule has 1 fully saturated rings. The highest BCUT2D eigenvalue weighted by molar-refractivity contribution is 5.74. The monoisotopic (exact) mass is 302 g/mol. The Bertz CT molecular complexity index is 350. The van der Waals surface area contributed by atoms with Crippen LogP contribution < -0.4 is 0 Å². The number of amides is 2. The number of carboxylic acid groups (broad SMARTS) is 1. The minimum atomic E-state index is -0.793. The number of ether oxygens (including phenoxy) is 1. The second kappa shape index (κ2) is 8.84. The van der Waals surface area contributed by atoms with Gasteiger partial charge in [-0.05, 0) is 25.2 Å². The first-order valence-corrected chi connectivity index (χ1v) is 7.32. The van der Waals surface area contributed by atoms with Crippen molar-refractivity contribution in [3.63, 3.8) is 0 Å². The van der Waals surface area contributed by atoms with Gasteiger partial charge in [0.1, 0.15) is 0 Å². The molecule has 2 amide bonds. The zero-order valence-electron chi connectivity index (χ0n) is 12.8. The summed E-state index contributed by atoms with van der Waals surface area (Å²) in [7, 11) is 3.16. The highest BCUT2D eigenvalue weighted by Gasteiger charge is 2.26. The van der Waals surface area contributed by atoms with Gasteiger partial charge in [0.05, 0.1) is 19.3 Å². The first-order valence-electron chi connectivity index (χ1n) is 7.32. The van der Waals surface area contributed by atoms with Crippen LogP contribution in [0.5, 0.6) is 0 Å². The Balaban J connectivity index is 2.43. The van der Waals surface area contributed by atoms with Gasteiger partial charge in [-0.2, -0.15) is 0 Å². The van der Waals surface area contributed by atoms with E-state index in [1.807, 2.05) is 0 Å². The molecule has 0 bridgehead atoms. The van der Waals surface area contributed by atoms with E-state index in [4.69, 9.17) is 9.84 Å². The predicted octanol–water partition coefficient (Wildman–Crippen LogP) is 0.622. The molecule has 122 valence electrons. The summed E-state index contributed by atoms with van der Waals surface area (Å²) in [5.41, 5.74) is 0. The van der Waals surface area contributed by atoms with Gasteiger partial charge < -0.3 is 24.7 Å². The van der Waals surface area contributed by atoms with Crippen molar-refractivity contribution >= 4 is 12.0 Å². The van der Waals surface area contributed by atoms with E-state index in [9.17, 15) is 14.7 Å². The summed E-state index contributed by atoms with van der Waals surface area (Å²) >= 11 is 0. The third kappa shape index (κ3) is 6.31. The molecular weight excluding hydrogens is 276 g/mol.